The lowest BCUT2D eigenvalue weighted by Crippen LogP contribution is -2.49. The Morgan fingerprint density at radius 3 is 3.00 bits per heavy atom. The molecule has 6 nitrogen and oxygen atoms in total. The summed E-state index contributed by atoms with van der Waals surface area (Å²) >= 11 is 0. The molecule has 2 heterocycles. The van der Waals surface area contributed by atoms with E-state index in [1.807, 2.05) is 40.0 Å². The predicted octanol–water partition coefficient (Wildman–Crippen LogP) is 2.14. The van der Waals surface area contributed by atoms with Crippen molar-refractivity contribution in [2.45, 2.75) is 31.9 Å². The van der Waals surface area contributed by atoms with Crippen LogP contribution in [0.5, 0.6) is 5.75 Å². The molecule has 0 N–H and O–H groups in total. The van der Waals surface area contributed by atoms with Crippen LogP contribution in [0.4, 0.5) is 0 Å². The van der Waals surface area contributed by atoms with Gasteiger partial charge in [-0.25, -0.2) is 0 Å². The number of carbonyl (C=O) groups excluding carboxylic acids is 1. The van der Waals surface area contributed by atoms with Crippen molar-refractivity contribution in [1.82, 2.24) is 14.7 Å². The average molecular weight is 355 g/mol. The zero-order valence-electron chi connectivity index (χ0n) is 15.1. The summed E-state index contributed by atoms with van der Waals surface area (Å²) in [6, 6.07) is 9.94. The van der Waals surface area contributed by atoms with Crippen molar-refractivity contribution >= 4 is 5.91 Å². The number of hydrogen-bond donors (Lipinski definition) is 0. The standard InChI is InChI=1S/C20H25N3O3/c1-25-17-5-2-4-16(12-17)13-18-14-22(10-11-26-18)19(24)20(6-7-20)15-23-9-3-8-21-23/h2-5,8-9,12,18H,6-7,10-11,13-15H2,1H3. The Bertz CT molecular complexity index is 755. The molecule has 6 heteroatoms. The lowest BCUT2D eigenvalue weighted by Gasteiger charge is -2.35. The fraction of sp³-hybridized carbons (Fsp3) is 0.500. The molecule has 1 atom stereocenters. The zero-order chi connectivity index (χ0) is 18.0. The molecule has 0 bridgehead atoms. The molecule has 2 aromatic rings. The number of nitrogens with zero attached hydrogens (tertiary/aromatic N) is 3. The Hall–Kier alpha value is -2.34. The van der Waals surface area contributed by atoms with Crippen molar-refractivity contribution < 1.29 is 14.3 Å². The number of hydrogen-bond acceptors (Lipinski definition) is 4. The van der Waals surface area contributed by atoms with Crippen molar-refractivity contribution in [2.24, 2.45) is 5.41 Å². The van der Waals surface area contributed by atoms with Crippen LogP contribution in [0.3, 0.4) is 0 Å². The molecule has 1 aromatic carbocycles. The van der Waals surface area contributed by atoms with Crippen molar-refractivity contribution in [3.05, 3.63) is 48.3 Å². The summed E-state index contributed by atoms with van der Waals surface area (Å²) in [6.07, 6.45) is 6.40. The van der Waals surface area contributed by atoms with Gasteiger partial charge in [0, 0.05) is 31.9 Å². The molecule has 1 unspecified atom stereocenters. The SMILES string of the molecule is COc1cccc(CC2CN(C(=O)C3(Cn4cccn4)CC3)CCO2)c1. The molecule has 1 aliphatic carbocycles. The van der Waals surface area contributed by atoms with E-state index < -0.39 is 0 Å². The minimum absolute atomic E-state index is 0.0281. The van der Waals surface area contributed by atoms with Crippen molar-refractivity contribution in [1.29, 1.82) is 0 Å². The fourth-order valence-electron chi connectivity index (χ4n) is 3.72. The number of methoxy groups -OCH3 is 1. The van der Waals surface area contributed by atoms with Gasteiger partial charge in [0.1, 0.15) is 5.75 Å². The number of carbonyl (C=O) groups is 1. The van der Waals surface area contributed by atoms with Gasteiger partial charge in [-0.15, -0.1) is 0 Å². The van der Waals surface area contributed by atoms with E-state index in [1.165, 1.54) is 5.56 Å². The summed E-state index contributed by atoms with van der Waals surface area (Å²) in [6.45, 7) is 2.60. The van der Waals surface area contributed by atoms with Gasteiger partial charge in [0.25, 0.3) is 0 Å². The molecule has 0 radical (unpaired) electrons. The fourth-order valence-corrected chi connectivity index (χ4v) is 3.72. The van der Waals surface area contributed by atoms with Gasteiger partial charge in [0.2, 0.25) is 5.91 Å². The number of benzene rings is 1. The number of morpholine rings is 1. The van der Waals surface area contributed by atoms with Crippen LogP contribution >= 0.6 is 0 Å². The Kier molecular flexibility index (Phi) is 4.68. The first kappa shape index (κ1) is 17.1. The topological polar surface area (TPSA) is 56.6 Å². The molecule has 1 saturated carbocycles. The molecule has 2 fully saturated rings. The quantitative estimate of drug-likeness (QED) is 0.797. The lowest BCUT2D eigenvalue weighted by atomic mass is 10.0. The van der Waals surface area contributed by atoms with E-state index >= 15 is 0 Å². The van der Waals surface area contributed by atoms with Crippen LogP contribution < -0.4 is 4.74 Å². The summed E-state index contributed by atoms with van der Waals surface area (Å²) < 4.78 is 13.1. The molecule has 138 valence electrons. The van der Waals surface area contributed by atoms with Crippen molar-refractivity contribution in [2.75, 3.05) is 26.8 Å². The molecule has 1 aromatic heterocycles. The van der Waals surface area contributed by atoms with Crippen LogP contribution in [0.1, 0.15) is 18.4 Å². The number of amides is 1. The van der Waals surface area contributed by atoms with Gasteiger partial charge in [-0.3, -0.25) is 9.48 Å². The second-order valence-corrected chi connectivity index (χ2v) is 7.28. The molecule has 1 saturated heterocycles. The summed E-state index contributed by atoms with van der Waals surface area (Å²) in [5.41, 5.74) is 0.908. The highest BCUT2D eigenvalue weighted by Crippen LogP contribution is 2.48. The second kappa shape index (κ2) is 7.11. The van der Waals surface area contributed by atoms with Crippen molar-refractivity contribution in [3.8, 4) is 5.75 Å². The summed E-state index contributed by atoms with van der Waals surface area (Å²) in [5.74, 6) is 1.11. The molecule has 26 heavy (non-hydrogen) atoms. The Morgan fingerprint density at radius 1 is 1.38 bits per heavy atom. The van der Waals surface area contributed by atoms with Gasteiger partial charge in [0.15, 0.2) is 0 Å². The maximum absolute atomic E-state index is 13.1. The maximum Gasteiger partial charge on any atom is 0.230 e. The molecular formula is C20H25N3O3. The number of aromatic nitrogens is 2. The van der Waals surface area contributed by atoms with Crippen molar-refractivity contribution in [3.63, 3.8) is 0 Å². The first-order valence-corrected chi connectivity index (χ1v) is 9.20. The van der Waals surface area contributed by atoms with Gasteiger partial charge in [-0.2, -0.15) is 5.10 Å². The van der Waals surface area contributed by atoms with E-state index in [2.05, 4.69) is 11.2 Å². The maximum atomic E-state index is 13.1. The smallest absolute Gasteiger partial charge is 0.230 e. The average Bonchev–Trinajstić information content (AvgIpc) is 3.27. The monoisotopic (exact) mass is 355 g/mol. The minimum Gasteiger partial charge on any atom is -0.497 e. The zero-order valence-corrected chi connectivity index (χ0v) is 15.1. The number of rotatable bonds is 6. The highest BCUT2D eigenvalue weighted by Gasteiger charge is 2.52. The van der Waals surface area contributed by atoms with Gasteiger partial charge in [0.05, 0.1) is 31.8 Å². The van der Waals surface area contributed by atoms with Gasteiger partial charge in [-0.05, 0) is 36.6 Å². The van der Waals surface area contributed by atoms with Gasteiger partial charge >= 0.3 is 0 Å². The molecule has 4 rings (SSSR count). The van der Waals surface area contributed by atoms with E-state index in [1.54, 1.807) is 13.3 Å². The van der Waals surface area contributed by atoms with E-state index in [0.717, 1.165) is 25.0 Å². The lowest BCUT2D eigenvalue weighted by molar-refractivity contribution is -0.145. The highest BCUT2D eigenvalue weighted by molar-refractivity contribution is 5.85. The summed E-state index contributed by atoms with van der Waals surface area (Å²) in [4.78, 5) is 15.1. The molecule has 1 aliphatic heterocycles. The summed E-state index contributed by atoms with van der Waals surface area (Å²) in [5, 5.41) is 4.27. The summed E-state index contributed by atoms with van der Waals surface area (Å²) in [7, 11) is 1.67. The highest BCUT2D eigenvalue weighted by atomic mass is 16.5. The van der Waals surface area contributed by atoms with E-state index in [4.69, 9.17) is 9.47 Å². The molecule has 2 aliphatic rings. The molecule has 0 spiro atoms. The molecule has 1 amide bonds. The molecular weight excluding hydrogens is 330 g/mol. The normalized spacial score (nSPS) is 21.4. The Morgan fingerprint density at radius 2 is 2.27 bits per heavy atom. The van der Waals surface area contributed by atoms with E-state index in [-0.39, 0.29) is 17.4 Å². The largest absolute Gasteiger partial charge is 0.497 e. The van der Waals surface area contributed by atoms with Gasteiger partial charge < -0.3 is 14.4 Å². The van der Waals surface area contributed by atoms with Gasteiger partial charge in [-0.1, -0.05) is 12.1 Å². The number of ether oxygens (including phenoxy) is 2. The minimum atomic E-state index is -0.260. The first-order valence-electron chi connectivity index (χ1n) is 9.20. The Balaban J connectivity index is 1.39. The van der Waals surface area contributed by atoms with E-state index in [9.17, 15) is 4.79 Å². The van der Waals surface area contributed by atoms with E-state index in [0.29, 0.717) is 26.2 Å². The van der Waals surface area contributed by atoms with Crippen LogP contribution in [-0.2, 0) is 22.5 Å². The first-order chi connectivity index (χ1) is 12.7. The van der Waals surface area contributed by atoms with Crippen LogP contribution in [0.25, 0.3) is 0 Å². The van der Waals surface area contributed by atoms with Crippen LogP contribution in [0.15, 0.2) is 42.7 Å². The van der Waals surface area contributed by atoms with Crippen LogP contribution in [-0.4, -0.2) is 53.5 Å². The third kappa shape index (κ3) is 3.60. The van der Waals surface area contributed by atoms with Crippen LogP contribution in [0.2, 0.25) is 0 Å². The Labute approximate surface area is 153 Å². The van der Waals surface area contributed by atoms with Crippen LogP contribution in [0, 0.1) is 5.41 Å². The predicted molar refractivity (Wildman–Crippen MR) is 96.9 cm³/mol. The second-order valence-electron chi connectivity index (χ2n) is 7.28. The third-order valence-corrected chi connectivity index (χ3v) is 5.35. The third-order valence-electron chi connectivity index (χ3n) is 5.35.